The van der Waals surface area contributed by atoms with Crippen molar-refractivity contribution >= 4 is 52.0 Å². The van der Waals surface area contributed by atoms with Gasteiger partial charge in [-0.3, -0.25) is 24.6 Å². The van der Waals surface area contributed by atoms with Crippen LogP contribution in [0, 0.1) is 0 Å². The molecule has 5 rings (SSSR count). The summed E-state index contributed by atoms with van der Waals surface area (Å²) in [6, 6.07) is 11.0. The normalized spacial score (nSPS) is 19.5. The number of carbonyl (C=O) groups excluding carboxylic acids is 3. The maximum atomic E-state index is 13.2. The van der Waals surface area contributed by atoms with Gasteiger partial charge in [-0.05, 0) is 49.3 Å². The number of hydrogen-bond donors (Lipinski definition) is 2. The molecule has 3 amide bonds. The van der Waals surface area contributed by atoms with Crippen LogP contribution in [0.3, 0.4) is 0 Å². The number of benzene rings is 1. The number of nitrogens with one attached hydrogen (secondary N) is 2. The first-order chi connectivity index (χ1) is 17.0. The number of fused-ring (bicyclic) bond motifs is 1. The molecule has 0 bridgehead atoms. The number of ether oxygens (including phenoxy) is 1. The summed E-state index contributed by atoms with van der Waals surface area (Å²) in [7, 11) is 0. The average molecular weight is 493 g/mol. The molecule has 2 aliphatic rings. The van der Waals surface area contributed by atoms with Gasteiger partial charge in [0.05, 0.1) is 18.9 Å². The fraction of sp³-hybridized carbons (Fsp3) is 0.280. The number of thiocarbonyl (C=S) groups is 1. The molecular formula is C25H24N4O5S. The van der Waals surface area contributed by atoms with E-state index < -0.39 is 11.8 Å². The van der Waals surface area contributed by atoms with E-state index >= 15 is 0 Å². The van der Waals surface area contributed by atoms with Gasteiger partial charge in [0.1, 0.15) is 17.9 Å². The van der Waals surface area contributed by atoms with E-state index in [-0.39, 0.29) is 35.8 Å². The van der Waals surface area contributed by atoms with Gasteiger partial charge < -0.3 is 19.0 Å². The van der Waals surface area contributed by atoms with Gasteiger partial charge in [-0.2, -0.15) is 0 Å². The summed E-state index contributed by atoms with van der Waals surface area (Å²) < 4.78 is 12.7. The van der Waals surface area contributed by atoms with Crippen molar-refractivity contribution in [2.45, 2.75) is 32.0 Å². The molecule has 2 saturated heterocycles. The molecule has 1 unspecified atom stereocenters. The second-order valence-corrected chi connectivity index (χ2v) is 8.84. The number of aromatic nitrogens is 1. The Morgan fingerprint density at radius 2 is 2.09 bits per heavy atom. The van der Waals surface area contributed by atoms with Crippen LogP contribution < -0.4 is 10.6 Å². The SMILES string of the molecule is O=C(Cn1cc(/C=C2/C(=O)NC(=S)N(Cc3ccco3)C2=O)c2ccccc21)NCC1CCCO1. The van der Waals surface area contributed by atoms with Gasteiger partial charge in [0.2, 0.25) is 5.91 Å². The van der Waals surface area contributed by atoms with E-state index in [0.717, 1.165) is 30.4 Å². The van der Waals surface area contributed by atoms with E-state index in [2.05, 4.69) is 10.6 Å². The second-order valence-electron chi connectivity index (χ2n) is 8.46. The van der Waals surface area contributed by atoms with Crippen molar-refractivity contribution in [3.63, 3.8) is 0 Å². The minimum Gasteiger partial charge on any atom is -0.467 e. The van der Waals surface area contributed by atoms with E-state index in [4.69, 9.17) is 21.4 Å². The van der Waals surface area contributed by atoms with E-state index in [0.29, 0.717) is 17.9 Å². The Balaban J connectivity index is 1.40. The molecule has 35 heavy (non-hydrogen) atoms. The summed E-state index contributed by atoms with van der Waals surface area (Å²) in [5, 5.41) is 6.35. The van der Waals surface area contributed by atoms with Crippen LogP contribution in [-0.4, -0.2) is 51.6 Å². The van der Waals surface area contributed by atoms with Crippen molar-refractivity contribution < 1.29 is 23.5 Å². The molecule has 0 radical (unpaired) electrons. The molecule has 10 heteroatoms. The van der Waals surface area contributed by atoms with Gasteiger partial charge in [-0.25, -0.2) is 0 Å². The third-order valence-electron chi connectivity index (χ3n) is 6.06. The zero-order valence-electron chi connectivity index (χ0n) is 18.9. The maximum Gasteiger partial charge on any atom is 0.266 e. The largest absolute Gasteiger partial charge is 0.467 e. The van der Waals surface area contributed by atoms with Gasteiger partial charge in [-0.1, -0.05) is 18.2 Å². The quantitative estimate of drug-likeness (QED) is 0.298. The van der Waals surface area contributed by atoms with Crippen LogP contribution in [-0.2, 0) is 32.2 Å². The monoisotopic (exact) mass is 492 g/mol. The molecule has 2 aliphatic heterocycles. The average Bonchev–Trinajstić information content (AvgIpc) is 3.61. The Bertz CT molecular complexity index is 1320. The van der Waals surface area contributed by atoms with Crippen molar-refractivity contribution in [2.75, 3.05) is 13.2 Å². The molecule has 0 aliphatic carbocycles. The lowest BCUT2D eigenvalue weighted by atomic mass is 10.1. The number of amides is 3. The Morgan fingerprint density at radius 1 is 1.23 bits per heavy atom. The minimum atomic E-state index is -0.568. The minimum absolute atomic E-state index is 0.0268. The van der Waals surface area contributed by atoms with Gasteiger partial charge in [0.15, 0.2) is 5.11 Å². The number of nitrogens with zero attached hydrogens (tertiary/aromatic N) is 2. The lowest BCUT2D eigenvalue weighted by Gasteiger charge is -2.28. The number of furan rings is 1. The first-order valence-corrected chi connectivity index (χ1v) is 11.8. The highest BCUT2D eigenvalue weighted by Gasteiger charge is 2.34. The fourth-order valence-corrected chi connectivity index (χ4v) is 4.56. The third-order valence-corrected chi connectivity index (χ3v) is 6.39. The van der Waals surface area contributed by atoms with Crippen LogP contribution in [0.15, 0.2) is 58.8 Å². The van der Waals surface area contributed by atoms with Gasteiger partial charge in [0, 0.05) is 35.8 Å². The van der Waals surface area contributed by atoms with Crippen LogP contribution >= 0.6 is 12.2 Å². The number of hydrogen-bond acceptors (Lipinski definition) is 6. The van der Waals surface area contributed by atoms with Gasteiger partial charge >= 0.3 is 0 Å². The van der Waals surface area contributed by atoms with E-state index in [1.165, 1.54) is 17.2 Å². The zero-order valence-corrected chi connectivity index (χ0v) is 19.7. The molecule has 0 spiro atoms. The molecule has 3 aromatic rings. The van der Waals surface area contributed by atoms with Crippen LogP contribution in [0.5, 0.6) is 0 Å². The van der Waals surface area contributed by atoms with E-state index in [1.807, 2.05) is 28.8 Å². The Kier molecular flexibility index (Phi) is 6.47. The van der Waals surface area contributed by atoms with E-state index in [9.17, 15) is 14.4 Å². The summed E-state index contributed by atoms with van der Waals surface area (Å²) in [6.07, 6.45) is 6.84. The molecular weight excluding hydrogens is 468 g/mol. The summed E-state index contributed by atoms with van der Waals surface area (Å²) in [5.41, 5.74) is 1.42. The standard InChI is InChI=1S/C25H24N4O5S/c30-22(26-12-17-5-3-9-33-17)15-28-13-16(19-7-1-2-8-21(19)28)11-20-23(31)27-25(35)29(24(20)32)14-18-6-4-10-34-18/h1-2,4,6-8,10-11,13,17H,3,5,9,12,14-15H2,(H,26,30)(H,27,31,35)/b20-11-. The van der Waals surface area contributed by atoms with Gasteiger partial charge in [-0.15, -0.1) is 0 Å². The molecule has 9 nitrogen and oxygen atoms in total. The van der Waals surface area contributed by atoms with Gasteiger partial charge in [0.25, 0.3) is 11.8 Å². The molecule has 2 fully saturated rings. The molecule has 4 heterocycles. The summed E-state index contributed by atoms with van der Waals surface area (Å²) in [4.78, 5) is 39.8. The predicted octanol–water partition coefficient (Wildman–Crippen LogP) is 2.36. The van der Waals surface area contributed by atoms with Crippen molar-refractivity contribution in [1.29, 1.82) is 0 Å². The van der Waals surface area contributed by atoms with Crippen LogP contribution in [0.4, 0.5) is 0 Å². The number of rotatable bonds is 7. The maximum absolute atomic E-state index is 13.2. The van der Waals surface area contributed by atoms with Crippen molar-refractivity contribution in [1.82, 2.24) is 20.1 Å². The molecule has 0 saturated carbocycles. The van der Waals surface area contributed by atoms with Crippen molar-refractivity contribution in [3.05, 3.63) is 65.8 Å². The van der Waals surface area contributed by atoms with Crippen LogP contribution in [0.1, 0.15) is 24.2 Å². The number of carbonyl (C=O) groups is 3. The fourth-order valence-electron chi connectivity index (χ4n) is 4.32. The molecule has 1 atom stereocenters. The summed E-state index contributed by atoms with van der Waals surface area (Å²) in [6.45, 7) is 1.42. The number of para-hydroxylation sites is 1. The lowest BCUT2D eigenvalue weighted by molar-refractivity contribution is -0.129. The predicted molar refractivity (Wildman–Crippen MR) is 132 cm³/mol. The summed E-state index contributed by atoms with van der Waals surface area (Å²) >= 11 is 5.21. The van der Waals surface area contributed by atoms with Crippen molar-refractivity contribution in [3.8, 4) is 0 Å². The Morgan fingerprint density at radius 3 is 2.86 bits per heavy atom. The summed E-state index contributed by atoms with van der Waals surface area (Å²) in [5.74, 6) is -0.674. The smallest absolute Gasteiger partial charge is 0.266 e. The van der Waals surface area contributed by atoms with Crippen LogP contribution in [0.25, 0.3) is 17.0 Å². The van der Waals surface area contributed by atoms with Crippen molar-refractivity contribution in [2.24, 2.45) is 0 Å². The molecule has 1 aromatic carbocycles. The highest BCUT2D eigenvalue weighted by Crippen LogP contribution is 2.25. The first kappa shape index (κ1) is 23.0. The van der Waals surface area contributed by atoms with Crippen LogP contribution in [0.2, 0.25) is 0 Å². The Hall–Kier alpha value is -3.76. The topological polar surface area (TPSA) is 106 Å². The van der Waals surface area contributed by atoms with E-state index in [1.54, 1.807) is 18.3 Å². The molecule has 2 N–H and O–H groups in total. The third kappa shape index (κ3) is 4.89. The highest BCUT2D eigenvalue weighted by atomic mass is 32.1. The second kappa shape index (κ2) is 9.85. The first-order valence-electron chi connectivity index (χ1n) is 11.4. The molecule has 180 valence electrons. The Labute approximate surface area is 206 Å². The lowest BCUT2D eigenvalue weighted by Crippen LogP contribution is -2.53. The highest BCUT2D eigenvalue weighted by molar-refractivity contribution is 7.80. The zero-order chi connectivity index (χ0) is 24.4. The molecule has 2 aromatic heterocycles.